The van der Waals surface area contributed by atoms with Crippen LogP contribution in [0.1, 0.15) is 60.0 Å². The van der Waals surface area contributed by atoms with E-state index in [4.69, 9.17) is 4.98 Å². The topological polar surface area (TPSA) is 33.2 Å². The lowest BCUT2D eigenvalue weighted by Crippen LogP contribution is -2.38. The quantitative estimate of drug-likeness (QED) is 0.432. The SMILES string of the molecule is CC(C)(C)c1csc(C2CCN(C(=O)/C(=C/c3cccs3)c3cccs3)CC2)n1. The molecule has 0 aromatic carbocycles. The summed E-state index contributed by atoms with van der Waals surface area (Å²) in [6.45, 7) is 8.21. The van der Waals surface area contributed by atoms with Crippen molar-refractivity contribution in [2.75, 3.05) is 13.1 Å². The van der Waals surface area contributed by atoms with Gasteiger partial charge in [-0.2, -0.15) is 0 Å². The predicted molar refractivity (Wildman–Crippen MR) is 126 cm³/mol. The van der Waals surface area contributed by atoms with E-state index >= 15 is 0 Å². The number of thiophene rings is 2. The number of thiazole rings is 1. The van der Waals surface area contributed by atoms with Crippen LogP contribution >= 0.6 is 34.0 Å². The highest BCUT2D eigenvalue weighted by Gasteiger charge is 2.29. The summed E-state index contributed by atoms with van der Waals surface area (Å²) in [7, 11) is 0. The molecule has 1 fully saturated rings. The molecule has 0 atom stereocenters. The number of hydrogen-bond acceptors (Lipinski definition) is 5. The molecule has 4 rings (SSSR count). The lowest BCUT2D eigenvalue weighted by Gasteiger charge is -2.31. The highest BCUT2D eigenvalue weighted by atomic mass is 32.1. The molecular formula is C23H26N2OS3. The molecule has 6 heteroatoms. The van der Waals surface area contributed by atoms with E-state index in [1.165, 1.54) is 10.7 Å². The van der Waals surface area contributed by atoms with Gasteiger partial charge in [0.15, 0.2) is 0 Å². The second kappa shape index (κ2) is 8.54. The minimum absolute atomic E-state index is 0.0909. The van der Waals surface area contributed by atoms with Crippen molar-refractivity contribution in [3.8, 4) is 0 Å². The fourth-order valence-corrected chi connectivity index (χ4v) is 6.11. The van der Waals surface area contributed by atoms with Crippen LogP contribution in [0.5, 0.6) is 0 Å². The molecule has 0 unspecified atom stereocenters. The summed E-state index contributed by atoms with van der Waals surface area (Å²) >= 11 is 5.07. The van der Waals surface area contributed by atoms with Crippen LogP contribution in [-0.2, 0) is 10.2 Å². The van der Waals surface area contributed by atoms with Crippen molar-refractivity contribution in [1.29, 1.82) is 0 Å². The van der Waals surface area contributed by atoms with Gasteiger partial charge in [0.05, 0.1) is 16.3 Å². The average molecular weight is 443 g/mol. The van der Waals surface area contributed by atoms with Crippen molar-refractivity contribution in [3.63, 3.8) is 0 Å². The lowest BCUT2D eigenvalue weighted by molar-refractivity contribution is -0.125. The van der Waals surface area contributed by atoms with Crippen LogP contribution in [0.25, 0.3) is 11.6 Å². The fourth-order valence-electron chi connectivity index (χ4n) is 3.51. The van der Waals surface area contributed by atoms with Gasteiger partial charge in [-0.1, -0.05) is 32.9 Å². The Hall–Kier alpha value is -1.76. The molecule has 0 aliphatic carbocycles. The van der Waals surface area contributed by atoms with Gasteiger partial charge in [-0.3, -0.25) is 4.79 Å². The number of hydrogen-bond donors (Lipinski definition) is 0. The summed E-state index contributed by atoms with van der Waals surface area (Å²) in [6, 6.07) is 8.14. The largest absolute Gasteiger partial charge is 0.339 e. The molecule has 0 spiro atoms. The molecule has 1 saturated heterocycles. The second-order valence-corrected chi connectivity index (χ2v) is 11.3. The first-order chi connectivity index (χ1) is 13.9. The smallest absolute Gasteiger partial charge is 0.255 e. The molecule has 3 nitrogen and oxygen atoms in total. The third-order valence-electron chi connectivity index (χ3n) is 5.27. The van der Waals surface area contributed by atoms with E-state index in [2.05, 4.69) is 32.2 Å². The molecule has 0 N–H and O–H groups in total. The summed E-state index contributed by atoms with van der Waals surface area (Å²) in [5.74, 6) is 0.612. The van der Waals surface area contributed by atoms with Crippen LogP contribution in [0.4, 0.5) is 0 Å². The maximum atomic E-state index is 13.4. The van der Waals surface area contributed by atoms with Gasteiger partial charge in [-0.05, 0) is 41.8 Å². The van der Waals surface area contributed by atoms with Gasteiger partial charge in [0.1, 0.15) is 0 Å². The monoisotopic (exact) mass is 442 g/mol. The zero-order valence-electron chi connectivity index (χ0n) is 17.1. The molecule has 0 saturated carbocycles. The van der Waals surface area contributed by atoms with Crippen LogP contribution in [0.2, 0.25) is 0 Å². The zero-order chi connectivity index (χ0) is 20.4. The van der Waals surface area contributed by atoms with Crippen LogP contribution in [0.3, 0.4) is 0 Å². The number of likely N-dealkylation sites (tertiary alicyclic amines) is 1. The normalized spacial score (nSPS) is 16.4. The maximum Gasteiger partial charge on any atom is 0.255 e. The van der Waals surface area contributed by atoms with Gasteiger partial charge >= 0.3 is 0 Å². The van der Waals surface area contributed by atoms with Gasteiger partial charge in [-0.25, -0.2) is 4.98 Å². The summed E-state index contributed by atoms with van der Waals surface area (Å²) in [4.78, 5) is 22.4. The second-order valence-electron chi connectivity index (χ2n) is 8.44. The number of nitrogens with zero attached hydrogens (tertiary/aromatic N) is 2. The third kappa shape index (κ3) is 4.71. The molecule has 3 aromatic heterocycles. The van der Waals surface area contributed by atoms with Gasteiger partial charge < -0.3 is 4.90 Å². The Morgan fingerprint density at radius 1 is 1.10 bits per heavy atom. The van der Waals surface area contributed by atoms with Crippen molar-refractivity contribution in [3.05, 3.63) is 60.9 Å². The number of rotatable bonds is 4. The Morgan fingerprint density at radius 2 is 1.83 bits per heavy atom. The Balaban J connectivity index is 1.47. The highest BCUT2D eigenvalue weighted by Crippen LogP contribution is 2.34. The molecule has 1 aliphatic heterocycles. The van der Waals surface area contributed by atoms with Gasteiger partial charge in [0, 0.05) is 39.6 Å². The molecule has 4 heterocycles. The molecular weight excluding hydrogens is 416 g/mol. The van der Waals surface area contributed by atoms with E-state index in [0.717, 1.165) is 41.3 Å². The van der Waals surface area contributed by atoms with E-state index in [1.807, 2.05) is 39.9 Å². The molecule has 152 valence electrons. The zero-order valence-corrected chi connectivity index (χ0v) is 19.5. The van der Waals surface area contributed by atoms with E-state index in [-0.39, 0.29) is 11.3 Å². The Kier molecular flexibility index (Phi) is 6.04. The van der Waals surface area contributed by atoms with E-state index in [9.17, 15) is 4.79 Å². The Morgan fingerprint density at radius 3 is 2.41 bits per heavy atom. The molecule has 3 aromatic rings. The number of piperidine rings is 1. The summed E-state index contributed by atoms with van der Waals surface area (Å²) in [5, 5.41) is 7.51. The van der Waals surface area contributed by atoms with Crippen LogP contribution in [0.15, 0.2) is 40.4 Å². The van der Waals surface area contributed by atoms with Crippen molar-refractivity contribution in [2.24, 2.45) is 0 Å². The minimum atomic E-state index is 0.0909. The van der Waals surface area contributed by atoms with Gasteiger partial charge in [0.2, 0.25) is 0 Å². The number of carbonyl (C=O) groups is 1. The van der Waals surface area contributed by atoms with Crippen molar-refractivity contribution < 1.29 is 4.79 Å². The third-order valence-corrected chi connectivity index (χ3v) is 8.00. The number of carbonyl (C=O) groups excluding carboxylic acids is 1. The Bertz CT molecular complexity index is 970. The van der Waals surface area contributed by atoms with Crippen LogP contribution < -0.4 is 0 Å². The molecule has 1 aliphatic rings. The average Bonchev–Trinajstić information content (AvgIpc) is 3.47. The first kappa shape index (κ1) is 20.5. The molecule has 1 amide bonds. The van der Waals surface area contributed by atoms with Crippen LogP contribution in [0, 0.1) is 0 Å². The summed E-state index contributed by atoms with van der Waals surface area (Å²) in [5.41, 5.74) is 2.08. The fraction of sp³-hybridized carbons (Fsp3) is 0.391. The molecule has 0 radical (unpaired) electrons. The van der Waals surface area contributed by atoms with Crippen molar-refractivity contribution in [1.82, 2.24) is 9.88 Å². The van der Waals surface area contributed by atoms with Crippen molar-refractivity contribution in [2.45, 2.75) is 44.9 Å². The number of aromatic nitrogens is 1. The van der Waals surface area contributed by atoms with E-state index in [1.54, 1.807) is 34.0 Å². The van der Waals surface area contributed by atoms with Crippen molar-refractivity contribution >= 4 is 51.6 Å². The Labute approximate surface area is 184 Å². The summed E-state index contributed by atoms with van der Waals surface area (Å²) < 4.78 is 0. The van der Waals surface area contributed by atoms with Crippen LogP contribution in [-0.4, -0.2) is 28.9 Å². The van der Waals surface area contributed by atoms with E-state index < -0.39 is 0 Å². The van der Waals surface area contributed by atoms with Gasteiger partial charge in [0.25, 0.3) is 5.91 Å². The lowest BCUT2D eigenvalue weighted by atomic mass is 9.93. The summed E-state index contributed by atoms with van der Waals surface area (Å²) in [6.07, 6.45) is 4.01. The first-order valence-corrected chi connectivity index (χ1v) is 12.6. The van der Waals surface area contributed by atoms with E-state index in [0.29, 0.717) is 5.92 Å². The molecule has 0 bridgehead atoms. The van der Waals surface area contributed by atoms with Gasteiger partial charge in [-0.15, -0.1) is 34.0 Å². The first-order valence-electron chi connectivity index (χ1n) is 9.96. The molecule has 29 heavy (non-hydrogen) atoms. The maximum absolute atomic E-state index is 13.4. The standard InChI is InChI=1S/C23H26N2OS3/c1-23(2,3)20-15-29-21(24-20)16-8-10-25(11-9-16)22(26)18(19-7-5-13-28-19)14-17-6-4-12-27-17/h4-7,12-16H,8-11H2,1-3H3/b18-14+. The highest BCUT2D eigenvalue weighted by molar-refractivity contribution is 7.12. The minimum Gasteiger partial charge on any atom is -0.339 e. The number of amides is 1. The predicted octanol–water partition coefficient (Wildman–Crippen LogP) is 6.51.